The van der Waals surface area contributed by atoms with Gasteiger partial charge in [0.25, 0.3) is 0 Å². The summed E-state index contributed by atoms with van der Waals surface area (Å²) in [6, 6.07) is 4.04. The van der Waals surface area contributed by atoms with Gasteiger partial charge >= 0.3 is 0 Å². The molecule has 6 heteroatoms. The SMILES string of the molecule is Cc1ccc(S(=O)(=O)N2CCCC(CN)C2)cc1F. The van der Waals surface area contributed by atoms with Crippen molar-refractivity contribution < 1.29 is 12.8 Å². The lowest BCUT2D eigenvalue weighted by molar-refractivity contribution is 0.271. The van der Waals surface area contributed by atoms with Gasteiger partial charge < -0.3 is 5.73 Å². The Labute approximate surface area is 113 Å². The fourth-order valence-corrected chi connectivity index (χ4v) is 3.89. The molecular weight excluding hydrogens is 267 g/mol. The van der Waals surface area contributed by atoms with Gasteiger partial charge in [0.05, 0.1) is 4.90 Å². The lowest BCUT2D eigenvalue weighted by Gasteiger charge is -2.31. The number of nitrogens with zero attached hydrogens (tertiary/aromatic N) is 1. The van der Waals surface area contributed by atoms with Crippen LogP contribution in [0.15, 0.2) is 23.1 Å². The number of aryl methyl sites for hydroxylation is 1. The van der Waals surface area contributed by atoms with Crippen LogP contribution in [0.1, 0.15) is 18.4 Å². The van der Waals surface area contributed by atoms with Gasteiger partial charge in [-0.3, -0.25) is 0 Å². The number of sulfonamides is 1. The molecule has 1 aliphatic heterocycles. The number of rotatable bonds is 3. The van der Waals surface area contributed by atoms with Gasteiger partial charge in [-0.15, -0.1) is 0 Å². The quantitative estimate of drug-likeness (QED) is 0.915. The Morgan fingerprint density at radius 2 is 2.21 bits per heavy atom. The highest BCUT2D eigenvalue weighted by Crippen LogP contribution is 2.24. The van der Waals surface area contributed by atoms with Gasteiger partial charge in [-0.25, -0.2) is 12.8 Å². The Kier molecular flexibility index (Phi) is 4.23. The van der Waals surface area contributed by atoms with Crippen LogP contribution in [-0.4, -0.2) is 32.4 Å². The highest BCUT2D eigenvalue weighted by molar-refractivity contribution is 7.89. The van der Waals surface area contributed by atoms with E-state index in [1.165, 1.54) is 16.4 Å². The molecule has 1 aromatic rings. The van der Waals surface area contributed by atoms with Gasteiger partial charge in [-0.05, 0) is 49.9 Å². The summed E-state index contributed by atoms with van der Waals surface area (Å²) in [6.45, 7) is 2.99. The molecule has 0 radical (unpaired) electrons. The Bertz CT molecular complexity index is 560. The van der Waals surface area contributed by atoms with Crippen LogP contribution in [0.5, 0.6) is 0 Å². The number of nitrogens with two attached hydrogens (primary N) is 1. The molecule has 0 aliphatic carbocycles. The second-order valence-electron chi connectivity index (χ2n) is 5.02. The van der Waals surface area contributed by atoms with Crippen molar-refractivity contribution in [1.29, 1.82) is 0 Å². The molecule has 106 valence electrons. The molecule has 1 aliphatic rings. The highest BCUT2D eigenvalue weighted by Gasteiger charge is 2.29. The molecule has 1 saturated heterocycles. The van der Waals surface area contributed by atoms with Crippen LogP contribution in [0, 0.1) is 18.7 Å². The molecule has 0 saturated carbocycles. The maximum absolute atomic E-state index is 13.5. The molecule has 1 heterocycles. The van der Waals surface area contributed by atoms with Crippen LogP contribution >= 0.6 is 0 Å². The zero-order chi connectivity index (χ0) is 14.0. The molecular formula is C13H19FN2O2S. The predicted octanol–water partition coefficient (Wildman–Crippen LogP) is 1.49. The van der Waals surface area contributed by atoms with Crippen molar-refractivity contribution >= 4 is 10.0 Å². The highest BCUT2D eigenvalue weighted by atomic mass is 32.2. The van der Waals surface area contributed by atoms with Gasteiger partial charge in [0.1, 0.15) is 5.82 Å². The number of piperidine rings is 1. The summed E-state index contributed by atoms with van der Waals surface area (Å²) in [7, 11) is -3.61. The van der Waals surface area contributed by atoms with E-state index in [0.717, 1.165) is 18.9 Å². The fourth-order valence-electron chi connectivity index (χ4n) is 2.32. The average Bonchev–Trinajstić information content (AvgIpc) is 2.41. The summed E-state index contributed by atoms with van der Waals surface area (Å²) >= 11 is 0. The van der Waals surface area contributed by atoms with Gasteiger partial charge in [-0.1, -0.05) is 6.07 Å². The lowest BCUT2D eigenvalue weighted by Crippen LogP contribution is -2.41. The molecule has 4 nitrogen and oxygen atoms in total. The first-order valence-electron chi connectivity index (χ1n) is 6.41. The van der Waals surface area contributed by atoms with Crippen LogP contribution < -0.4 is 5.73 Å². The summed E-state index contributed by atoms with van der Waals surface area (Å²) in [5, 5.41) is 0. The molecule has 2 rings (SSSR count). The van der Waals surface area contributed by atoms with E-state index >= 15 is 0 Å². The first kappa shape index (κ1) is 14.4. The van der Waals surface area contributed by atoms with Crippen LogP contribution in [0.2, 0.25) is 0 Å². The second-order valence-corrected chi connectivity index (χ2v) is 6.96. The molecule has 19 heavy (non-hydrogen) atoms. The molecule has 0 spiro atoms. The first-order chi connectivity index (χ1) is 8.95. The van der Waals surface area contributed by atoms with Gasteiger partial charge in [-0.2, -0.15) is 4.31 Å². The van der Waals surface area contributed by atoms with Crippen molar-refractivity contribution in [3.05, 3.63) is 29.6 Å². The van der Waals surface area contributed by atoms with Crippen LogP contribution in [-0.2, 0) is 10.0 Å². The van der Waals surface area contributed by atoms with E-state index in [0.29, 0.717) is 25.2 Å². The first-order valence-corrected chi connectivity index (χ1v) is 7.85. The smallest absolute Gasteiger partial charge is 0.243 e. The van der Waals surface area contributed by atoms with Crippen molar-refractivity contribution in [2.45, 2.75) is 24.7 Å². The normalized spacial score (nSPS) is 21.5. The van der Waals surface area contributed by atoms with E-state index in [1.807, 2.05) is 0 Å². The molecule has 2 N–H and O–H groups in total. The van der Waals surface area contributed by atoms with Gasteiger partial charge in [0.15, 0.2) is 0 Å². The number of benzene rings is 1. The van der Waals surface area contributed by atoms with Crippen LogP contribution in [0.3, 0.4) is 0 Å². The zero-order valence-electron chi connectivity index (χ0n) is 11.0. The molecule has 1 atom stereocenters. The average molecular weight is 286 g/mol. The molecule has 0 aromatic heterocycles. The Hall–Kier alpha value is -0.980. The van der Waals surface area contributed by atoms with Crippen LogP contribution in [0.25, 0.3) is 0 Å². The number of hydrogen-bond donors (Lipinski definition) is 1. The minimum Gasteiger partial charge on any atom is -0.330 e. The van der Waals surface area contributed by atoms with Gasteiger partial charge in [0.2, 0.25) is 10.0 Å². The van der Waals surface area contributed by atoms with Crippen molar-refractivity contribution in [2.24, 2.45) is 11.7 Å². The maximum atomic E-state index is 13.5. The minimum atomic E-state index is -3.61. The summed E-state index contributed by atoms with van der Waals surface area (Å²) in [4.78, 5) is 0.0215. The monoisotopic (exact) mass is 286 g/mol. The van der Waals surface area contributed by atoms with E-state index in [4.69, 9.17) is 5.73 Å². The van der Waals surface area contributed by atoms with Crippen molar-refractivity contribution in [2.75, 3.05) is 19.6 Å². The molecule has 0 bridgehead atoms. The van der Waals surface area contributed by atoms with E-state index < -0.39 is 15.8 Å². The van der Waals surface area contributed by atoms with E-state index in [1.54, 1.807) is 6.92 Å². The molecule has 0 amide bonds. The third-order valence-corrected chi connectivity index (χ3v) is 5.46. The fraction of sp³-hybridized carbons (Fsp3) is 0.538. The summed E-state index contributed by atoms with van der Waals surface area (Å²) in [6.07, 6.45) is 1.75. The Balaban J connectivity index is 2.28. The summed E-state index contributed by atoms with van der Waals surface area (Å²) < 4.78 is 39.8. The lowest BCUT2D eigenvalue weighted by atomic mass is 10.0. The predicted molar refractivity (Wildman–Crippen MR) is 71.7 cm³/mol. The van der Waals surface area contributed by atoms with Crippen molar-refractivity contribution in [1.82, 2.24) is 4.31 Å². The zero-order valence-corrected chi connectivity index (χ0v) is 11.8. The topological polar surface area (TPSA) is 63.4 Å². The molecule has 1 fully saturated rings. The van der Waals surface area contributed by atoms with Crippen LogP contribution in [0.4, 0.5) is 4.39 Å². The van der Waals surface area contributed by atoms with Crippen molar-refractivity contribution in [3.8, 4) is 0 Å². The maximum Gasteiger partial charge on any atom is 0.243 e. The van der Waals surface area contributed by atoms with Gasteiger partial charge in [0, 0.05) is 13.1 Å². The molecule has 1 aromatic carbocycles. The third-order valence-electron chi connectivity index (χ3n) is 3.60. The summed E-state index contributed by atoms with van der Waals surface area (Å²) in [5.74, 6) is -0.299. The minimum absolute atomic E-state index is 0.0215. The Morgan fingerprint density at radius 3 is 2.84 bits per heavy atom. The Morgan fingerprint density at radius 1 is 1.47 bits per heavy atom. The number of halogens is 1. The van der Waals surface area contributed by atoms with E-state index in [-0.39, 0.29) is 10.8 Å². The largest absolute Gasteiger partial charge is 0.330 e. The second kappa shape index (κ2) is 5.56. The third kappa shape index (κ3) is 2.96. The standard InChI is InChI=1S/C13H19FN2O2S/c1-10-4-5-12(7-13(10)14)19(17,18)16-6-2-3-11(8-15)9-16/h4-5,7,11H,2-3,6,8-9,15H2,1H3. The number of hydrogen-bond acceptors (Lipinski definition) is 3. The summed E-state index contributed by atoms with van der Waals surface area (Å²) in [5.41, 5.74) is 6.05. The van der Waals surface area contributed by atoms with E-state index in [9.17, 15) is 12.8 Å². The van der Waals surface area contributed by atoms with Crippen molar-refractivity contribution in [3.63, 3.8) is 0 Å². The molecule has 1 unspecified atom stereocenters. The van der Waals surface area contributed by atoms with E-state index in [2.05, 4.69) is 0 Å².